The zero-order chi connectivity index (χ0) is 10.8. The van der Waals surface area contributed by atoms with Gasteiger partial charge in [0, 0.05) is 13.1 Å². The summed E-state index contributed by atoms with van der Waals surface area (Å²) in [5.41, 5.74) is 1.13. The summed E-state index contributed by atoms with van der Waals surface area (Å²) in [7, 11) is 0. The number of aryl methyl sites for hydroxylation is 1. The molecule has 1 aromatic rings. The maximum absolute atomic E-state index is 10.8. The number of nitrogens with zero attached hydrogens (tertiary/aromatic N) is 3. The SMILES string of the molecule is O=Cc1cc2n(n1)CCCN(C(=O)O)C2. The number of aromatic nitrogens is 2. The Kier molecular flexibility index (Phi) is 2.40. The molecule has 6 nitrogen and oxygen atoms in total. The molecule has 1 aromatic heterocycles. The highest BCUT2D eigenvalue weighted by Crippen LogP contribution is 2.12. The lowest BCUT2D eigenvalue weighted by atomic mass is 10.3. The van der Waals surface area contributed by atoms with Gasteiger partial charge in [-0.05, 0) is 12.5 Å². The van der Waals surface area contributed by atoms with Crippen LogP contribution >= 0.6 is 0 Å². The minimum absolute atomic E-state index is 0.302. The molecule has 0 atom stereocenters. The molecule has 0 fully saturated rings. The third-order valence-corrected chi connectivity index (χ3v) is 2.42. The summed E-state index contributed by atoms with van der Waals surface area (Å²) in [6.07, 6.45) is 0.462. The Morgan fingerprint density at radius 3 is 3.00 bits per heavy atom. The molecular weight excluding hydrogens is 198 g/mol. The van der Waals surface area contributed by atoms with E-state index in [0.717, 1.165) is 12.1 Å². The topological polar surface area (TPSA) is 75.4 Å². The quantitative estimate of drug-likeness (QED) is 0.686. The van der Waals surface area contributed by atoms with E-state index in [4.69, 9.17) is 5.11 Å². The number of amides is 1. The van der Waals surface area contributed by atoms with E-state index < -0.39 is 6.09 Å². The van der Waals surface area contributed by atoms with Crippen molar-refractivity contribution in [1.29, 1.82) is 0 Å². The van der Waals surface area contributed by atoms with Gasteiger partial charge < -0.3 is 10.0 Å². The molecule has 1 amide bonds. The Hall–Kier alpha value is -1.85. The lowest BCUT2D eigenvalue weighted by Crippen LogP contribution is -2.28. The average Bonchev–Trinajstić information content (AvgIpc) is 2.49. The van der Waals surface area contributed by atoms with Crippen LogP contribution in [0, 0.1) is 0 Å². The number of carboxylic acid groups (broad SMARTS) is 1. The number of carbonyl (C=O) groups excluding carboxylic acids is 1. The first-order valence-corrected chi connectivity index (χ1v) is 4.70. The number of hydrogen-bond donors (Lipinski definition) is 1. The van der Waals surface area contributed by atoms with Crippen LogP contribution in [0.15, 0.2) is 6.07 Å². The van der Waals surface area contributed by atoms with Gasteiger partial charge in [-0.2, -0.15) is 5.10 Å². The van der Waals surface area contributed by atoms with Gasteiger partial charge in [-0.25, -0.2) is 4.79 Å². The molecule has 15 heavy (non-hydrogen) atoms. The smallest absolute Gasteiger partial charge is 0.407 e. The third kappa shape index (κ3) is 1.83. The van der Waals surface area contributed by atoms with E-state index in [1.807, 2.05) is 0 Å². The van der Waals surface area contributed by atoms with E-state index in [0.29, 0.717) is 31.6 Å². The molecule has 2 heterocycles. The Morgan fingerprint density at radius 2 is 2.33 bits per heavy atom. The second-order valence-electron chi connectivity index (χ2n) is 3.46. The molecule has 0 spiro atoms. The van der Waals surface area contributed by atoms with Gasteiger partial charge in [-0.3, -0.25) is 9.48 Å². The Balaban J connectivity index is 2.27. The molecule has 2 rings (SSSR count). The fourth-order valence-electron chi connectivity index (χ4n) is 1.71. The Bertz CT molecular complexity index is 399. The summed E-state index contributed by atoms with van der Waals surface area (Å²) < 4.78 is 1.70. The minimum Gasteiger partial charge on any atom is -0.465 e. The molecule has 0 aromatic carbocycles. The van der Waals surface area contributed by atoms with Gasteiger partial charge in [-0.15, -0.1) is 0 Å². The molecule has 0 aliphatic carbocycles. The molecular formula is C9H11N3O3. The fourth-order valence-corrected chi connectivity index (χ4v) is 1.71. The van der Waals surface area contributed by atoms with Crippen LogP contribution in [0.1, 0.15) is 22.6 Å². The van der Waals surface area contributed by atoms with Gasteiger partial charge >= 0.3 is 6.09 Å². The van der Waals surface area contributed by atoms with Gasteiger partial charge in [0.2, 0.25) is 0 Å². The largest absolute Gasteiger partial charge is 0.465 e. The zero-order valence-electron chi connectivity index (χ0n) is 8.09. The van der Waals surface area contributed by atoms with E-state index in [9.17, 15) is 9.59 Å². The first-order valence-electron chi connectivity index (χ1n) is 4.70. The van der Waals surface area contributed by atoms with E-state index in [1.54, 1.807) is 10.7 Å². The van der Waals surface area contributed by atoms with Crippen molar-refractivity contribution in [2.24, 2.45) is 0 Å². The molecule has 80 valence electrons. The van der Waals surface area contributed by atoms with Crippen LogP contribution in [-0.2, 0) is 13.1 Å². The van der Waals surface area contributed by atoms with Gasteiger partial charge in [0.15, 0.2) is 6.29 Å². The standard InChI is InChI=1S/C9H11N3O3/c13-6-7-4-8-5-11(9(14)15)2-1-3-12(8)10-7/h4,6H,1-3,5H2,(H,14,15). The summed E-state index contributed by atoms with van der Waals surface area (Å²) >= 11 is 0. The van der Waals surface area contributed by atoms with Crippen molar-refractivity contribution in [3.05, 3.63) is 17.5 Å². The second-order valence-corrected chi connectivity index (χ2v) is 3.46. The molecule has 1 aliphatic rings. The molecule has 0 radical (unpaired) electrons. The first-order chi connectivity index (χ1) is 7.20. The predicted octanol–water partition coefficient (Wildman–Crippen LogP) is 0.579. The van der Waals surface area contributed by atoms with Crippen LogP contribution in [-0.4, -0.2) is 38.7 Å². The van der Waals surface area contributed by atoms with Gasteiger partial charge in [0.25, 0.3) is 0 Å². The number of aldehydes is 1. The van der Waals surface area contributed by atoms with Crippen molar-refractivity contribution in [3.63, 3.8) is 0 Å². The summed E-state index contributed by atoms with van der Waals surface area (Å²) in [6, 6.07) is 1.63. The van der Waals surface area contributed by atoms with Crippen LogP contribution in [0.5, 0.6) is 0 Å². The fraction of sp³-hybridized carbons (Fsp3) is 0.444. The summed E-state index contributed by atoms with van der Waals surface area (Å²) in [5.74, 6) is 0. The van der Waals surface area contributed by atoms with Crippen molar-refractivity contribution in [3.8, 4) is 0 Å². The number of fused-ring (bicyclic) bond motifs is 1. The predicted molar refractivity (Wildman–Crippen MR) is 50.7 cm³/mol. The highest BCUT2D eigenvalue weighted by molar-refractivity contribution is 5.72. The van der Waals surface area contributed by atoms with Crippen LogP contribution in [0.4, 0.5) is 4.79 Å². The molecule has 6 heteroatoms. The molecule has 0 unspecified atom stereocenters. The lowest BCUT2D eigenvalue weighted by molar-refractivity contribution is 0.111. The Morgan fingerprint density at radius 1 is 1.53 bits per heavy atom. The van der Waals surface area contributed by atoms with Crippen LogP contribution in [0.2, 0.25) is 0 Å². The number of hydrogen-bond acceptors (Lipinski definition) is 3. The van der Waals surface area contributed by atoms with Crippen molar-refractivity contribution in [2.45, 2.75) is 19.5 Å². The summed E-state index contributed by atoms with van der Waals surface area (Å²) in [5, 5.41) is 12.9. The van der Waals surface area contributed by atoms with E-state index in [2.05, 4.69) is 5.10 Å². The van der Waals surface area contributed by atoms with E-state index >= 15 is 0 Å². The van der Waals surface area contributed by atoms with Crippen LogP contribution in [0.3, 0.4) is 0 Å². The van der Waals surface area contributed by atoms with E-state index in [1.165, 1.54) is 4.90 Å². The van der Waals surface area contributed by atoms with Gasteiger partial charge in [0.1, 0.15) is 5.69 Å². The summed E-state index contributed by atoms with van der Waals surface area (Å²) in [4.78, 5) is 22.7. The molecule has 0 bridgehead atoms. The molecule has 1 N–H and O–H groups in total. The third-order valence-electron chi connectivity index (χ3n) is 2.42. The molecule has 1 aliphatic heterocycles. The van der Waals surface area contributed by atoms with Crippen LogP contribution in [0.25, 0.3) is 0 Å². The average molecular weight is 209 g/mol. The van der Waals surface area contributed by atoms with Crippen molar-refractivity contribution in [2.75, 3.05) is 6.54 Å². The minimum atomic E-state index is -0.933. The monoisotopic (exact) mass is 209 g/mol. The zero-order valence-corrected chi connectivity index (χ0v) is 8.09. The van der Waals surface area contributed by atoms with Crippen molar-refractivity contribution < 1.29 is 14.7 Å². The number of carbonyl (C=O) groups is 2. The van der Waals surface area contributed by atoms with Gasteiger partial charge in [-0.1, -0.05) is 0 Å². The van der Waals surface area contributed by atoms with Gasteiger partial charge in [0.05, 0.1) is 12.2 Å². The first kappa shape index (κ1) is 9.70. The van der Waals surface area contributed by atoms with E-state index in [-0.39, 0.29) is 0 Å². The lowest BCUT2D eigenvalue weighted by Gasteiger charge is -2.14. The van der Waals surface area contributed by atoms with Crippen LogP contribution < -0.4 is 0 Å². The highest BCUT2D eigenvalue weighted by atomic mass is 16.4. The summed E-state index contributed by atoms with van der Waals surface area (Å²) in [6.45, 7) is 1.47. The maximum Gasteiger partial charge on any atom is 0.407 e. The normalized spacial score (nSPS) is 15.6. The number of rotatable bonds is 1. The van der Waals surface area contributed by atoms with Crippen molar-refractivity contribution >= 4 is 12.4 Å². The molecule has 0 saturated heterocycles. The van der Waals surface area contributed by atoms with Crippen molar-refractivity contribution in [1.82, 2.24) is 14.7 Å². The maximum atomic E-state index is 10.8. The second kappa shape index (κ2) is 3.72. The Labute approximate surface area is 86.1 Å². The molecule has 0 saturated carbocycles. The highest BCUT2D eigenvalue weighted by Gasteiger charge is 2.19.